The van der Waals surface area contributed by atoms with Gasteiger partial charge in [0, 0.05) is 12.7 Å². The summed E-state index contributed by atoms with van der Waals surface area (Å²) in [4.78, 5) is 7.74. The van der Waals surface area contributed by atoms with Crippen LogP contribution in [0.25, 0.3) is 0 Å². The van der Waals surface area contributed by atoms with E-state index in [1.165, 1.54) is 7.11 Å². The van der Waals surface area contributed by atoms with Gasteiger partial charge in [-0.2, -0.15) is 4.98 Å². The van der Waals surface area contributed by atoms with Crippen molar-refractivity contribution in [2.75, 3.05) is 24.8 Å². The number of benzene rings is 1. The van der Waals surface area contributed by atoms with Crippen molar-refractivity contribution >= 4 is 29.1 Å². The number of methoxy groups -OCH3 is 1. The number of nitrogens with one attached hydrogen (secondary N) is 2. The van der Waals surface area contributed by atoms with Crippen molar-refractivity contribution in [1.29, 1.82) is 0 Å². The molecule has 0 unspecified atom stereocenters. The van der Waals surface area contributed by atoms with E-state index < -0.39 is 5.82 Å². The van der Waals surface area contributed by atoms with E-state index in [1.54, 1.807) is 25.2 Å². The lowest BCUT2D eigenvalue weighted by Crippen LogP contribution is -2.03. The molecule has 0 atom stereocenters. The zero-order valence-corrected chi connectivity index (χ0v) is 11.1. The van der Waals surface area contributed by atoms with Crippen LogP contribution in [0.2, 0.25) is 5.02 Å². The minimum Gasteiger partial charge on any atom is -0.495 e. The first kappa shape index (κ1) is 13.4. The highest BCUT2D eigenvalue weighted by atomic mass is 35.5. The Morgan fingerprint density at radius 2 is 2.16 bits per heavy atom. The summed E-state index contributed by atoms with van der Waals surface area (Å²) < 4.78 is 18.6. The van der Waals surface area contributed by atoms with Crippen LogP contribution in [0.5, 0.6) is 5.75 Å². The molecule has 2 rings (SSSR count). The third-order valence-electron chi connectivity index (χ3n) is 2.38. The fourth-order valence-corrected chi connectivity index (χ4v) is 1.71. The number of hydrogen-bond donors (Lipinski definition) is 2. The summed E-state index contributed by atoms with van der Waals surface area (Å²) in [6.07, 6.45) is 1.09. The molecule has 0 spiro atoms. The molecule has 7 heteroatoms. The molecule has 0 saturated carbocycles. The van der Waals surface area contributed by atoms with Crippen LogP contribution in [0.1, 0.15) is 0 Å². The molecule has 0 amide bonds. The van der Waals surface area contributed by atoms with E-state index in [4.69, 9.17) is 16.3 Å². The van der Waals surface area contributed by atoms with Crippen molar-refractivity contribution in [2.45, 2.75) is 0 Å². The molecule has 100 valence electrons. The highest BCUT2D eigenvalue weighted by Crippen LogP contribution is 2.29. The van der Waals surface area contributed by atoms with Crippen LogP contribution in [0.15, 0.2) is 24.4 Å². The summed E-state index contributed by atoms with van der Waals surface area (Å²) in [6, 6.07) is 5.02. The molecule has 2 N–H and O–H groups in total. The van der Waals surface area contributed by atoms with Crippen LogP contribution in [0.3, 0.4) is 0 Å². The van der Waals surface area contributed by atoms with Gasteiger partial charge in [0.2, 0.25) is 5.95 Å². The van der Waals surface area contributed by atoms with E-state index >= 15 is 0 Å². The van der Waals surface area contributed by atoms with Crippen LogP contribution in [0.4, 0.5) is 21.8 Å². The average Bonchev–Trinajstić information content (AvgIpc) is 2.41. The molecule has 0 aliphatic heterocycles. The van der Waals surface area contributed by atoms with Crippen molar-refractivity contribution in [1.82, 2.24) is 9.97 Å². The number of ether oxygens (including phenoxy) is 1. The normalized spacial score (nSPS) is 10.1. The van der Waals surface area contributed by atoms with Gasteiger partial charge in [-0.1, -0.05) is 11.6 Å². The predicted octanol–water partition coefficient (Wildman–Crippen LogP) is 3.06. The van der Waals surface area contributed by atoms with Crippen LogP contribution >= 0.6 is 11.6 Å². The molecular formula is C12H12ClFN4O. The molecule has 2 aromatic rings. The minimum atomic E-state index is -0.550. The van der Waals surface area contributed by atoms with Crippen LogP contribution in [-0.4, -0.2) is 24.1 Å². The summed E-state index contributed by atoms with van der Waals surface area (Å²) in [5, 5.41) is 5.99. The summed E-state index contributed by atoms with van der Waals surface area (Å²) in [6.45, 7) is 0. The first-order chi connectivity index (χ1) is 9.13. The maximum atomic E-state index is 13.6. The first-order valence-electron chi connectivity index (χ1n) is 5.45. The van der Waals surface area contributed by atoms with Gasteiger partial charge in [-0.25, -0.2) is 9.37 Å². The number of rotatable bonds is 4. The maximum Gasteiger partial charge on any atom is 0.224 e. The second-order valence-electron chi connectivity index (χ2n) is 3.61. The topological polar surface area (TPSA) is 59.1 Å². The number of hydrogen-bond acceptors (Lipinski definition) is 5. The smallest absolute Gasteiger partial charge is 0.224 e. The zero-order chi connectivity index (χ0) is 13.8. The van der Waals surface area contributed by atoms with E-state index in [2.05, 4.69) is 20.6 Å². The summed E-state index contributed by atoms with van der Waals surface area (Å²) in [5.74, 6) is 0.390. The van der Waals surface area contributed by atoms with Gasteiger partial charge in [0.05, 0.1) is 18.3 Å². The second-order valence-corrected chi connectivity index (χ2v) is 4.02. The molecule has 0 saturated heterocycles. The van der Waals surface area contributed by atoms with E-state index in [-0.39, 0.29) is 5.82 Å². The number of anilines is 3. The molecule has 19 heavy (non-hydrogen) atoms. The van der Waals surface area contributed by atoms with E-state index in [1.807, 2.05) is 0 Å². The standard InChI is InChI=1S/C12H12ClFN4O/c1-15-12-16-6-9(14)11(18-12)17-7-3-4-10(19-2)8(13)5-7/h3-6H,1-2H3,(H2,15,16,17,18). The van der Waals surface area contributed by atoms with Crippen molar-refractivity contribution in [2.24, 2.45) is 0 Å². The van der Waals surface area contributed by atoms with Crippen molar-refractivity contribution in [3.63, 3.8) is 0 Å². The predicted molar refractivity (Wildman–Crippen MR) is 72.8 cm³/mol. The Labute approximate surface area is 114 Å². The van der Waals surface area contributed by atoms with Gasteiger partial charge in [0.1, 0.15) is 5.75 Å². The third-order valence-corrected chi connectivity index (χ3v) is 2.68. The number of nitrogens with zero attached hydrogens (tertiary/aromatic N) is 2. The Morgan fingerprint density at radius 1 is 1.37 bits per heavy atom. The number of aromatic nitrogens is 2. The lowest BCUT2D eigenvalue weighted by molar-refractivity contribution is 0.415. The molecule has 1 heterocycles. The second kappa shape index (κ2) is 5.71. The van der Waals surface area contributed by atoms with Crippen molar-refractivity contribution in [3.8, 4) is 5.75 Å². The highest BCUT2D eigenvalue weighted by molar-refractivity contribution is 6.32. The average molecular weight is 283 g/mol. The number of halogens is 2. The van der Waals surface area contributed by atoms with Crippen LogP contribution < -0.4 is 15.4 Å². The lowest BCUT2D eigenvalue weighted by Gasteiger charge is -2.09. The zero-order valence-electron chi connectivity index (χ0n) is 10.4. The Bertz CT molecular complexity index is 594. The van der Waals surface area contributed by atoms with E-state index in [0.717, 1.165) is 6.20 Å². The first-order valence-corrected chi connectivity index (χ1v) is 5.82. The molecule has 1 aromatic heterocycles. The minimum absolute atomic E-state index is 0.0700. The molecule has 1 aromatic carbocycles. The van der Waals surface area contributed by atoms with E-state index in [0.29, 0.717) is 22.4 Å². The largest absolute Gasteiger partial charge is 0.495 e. The molecule has 0 bridgehead atoms. The van der Waals surface area contributed by atoms with Gasteiger partial charge in [0.15, 0.2) is 11.6 Å². The Kier molecular flexibility index (Phi) is 4.01. The monoisotopic (exact) mass is 282 g/mol. The Morgan fingerprint density at radius 3 is 2.79 bits per heavy atom. The molecule has 5 nitrogen and oxygen atoms in total. The Hall–Kier alpha value is -2.08. The molecular weight excluding hydrogens is 271 g/mol. The summed E-state index contributed by atoms with van der Waals surface area (Å²) >= 11 is 5.99. The quantitative estimate of drug-likeness (QED) is 0.902. The molecule has 0 aliphatic carbocycles. The SMILES string of the molecule is CNc1ncc(F)c(Nc2ccc(OC)c(Cl)c2)n1. The summed E-state index contributed by atoms with van der Waals surface area (Å²) in [7, 11) is 3.18. The van der Waals surface area contributed by atoms with Crippen LogP contribution in [0, 0.1) is 5.82 Å². The van der Waals surface area contributed by atoms with Gasteiger partial charge in [-0.05, 0) is 18.2 Å². The van der Waals surface area contributed by atoms with E-state index in [9.17, 15) is 4.39 Å². The van der Waals surface area contributed by atoms with Crippen LogP contribution in [-0.2, 0) is 0 Å². The highest BCUT2D eigenvalue weighted by Gasteiger charge is 2.08. The van der Waals surface area contributed by atoms with Gasteiger partial charge >= 0.3 is 0 Å². The lowest BCUT2D eigenvalue weighted by atomic mass is 10.3. The maximum absolute atomic E-state index is 13.6. The van der Waals surface area contributed by atoms with Crippen molar-refractivity contribution < 1.29 is 9.13 Å². The van der Waals surface area contributed by atoms with Gasteiger partial charge in [-0.15, -0.1) is 0 Å². The summed E-state index contributed by atoms with van der Waals surface area (Å²) in [5.41, 5.74) is 0.602. The van der Waals surface area contributed by atoms with Gasteiger partial charge in [0.25, 0.3) is 0 Å². The molecule has 0 radical (unpaired) electrons. The fourth-order valence-electron chi connectivity index (χ4n) is 1.46. The third kappa shape index (κ3) is 3.03. The molecule has 0 fully saturated rings. The van der Waals surface area contributed by atoms with Crippen molar-refractivity contribution in [3.05, 3.63) is 35.2 Å². The Balaban J connectivity index is 2.28. The van der Waals surface area contributed by atoms with Gasteiger partial charge in [-0.3, -0.25) is 0 Å². The fraction of sp³-hybridized carbons (Fsp3) is 0.167. The molecule has 0 aliphatic rings. The van der Waals surface area contributed by atoms with Gasteiger partial charge < -0.3 is 15.4 Å².